The van der Waals surface area contributed by atoms with E-state index in [-0.39, 0.29) is 19.5 Å². The van der Waals surface area contributed by atoms with Gasteiger partial charge < -0.3 is 14.7 Å². The van der Waals surface area contributed by atoms with Gasteiger partial charge in [-0.1, -0.05) is 18.2 Å². The first-order chi connectivity index (χ1) is 8.58. The molecule has 1 aliphatic heterocycles. The van der Waals surface area contributed by atoms with Gasteiger partial charge in [0, 0.05) is 12.1 Å². The molecule has 0 spiro atoms. The van der Waals surface area contributed by atoms with Gasteiger partial charge in [0.2, 0.25) is 0 Å². The first-order valence-electron chi connectivity index (χ1n) is 5.49. The van der Waals surface area contributed by atoms with Gasteiger partial charge in [-0.15, -0.1) is 0 Å². The molecule has 1 aliphatic rings. The van der Waals surface area contributed by atoms with E-state index in [1.54, 1.807) is 18.2 Å². The van der Waals surface area contributed by atoms with Gasteiger partial charge in [-0.3, -0.25) is 4.79 Å². The van der Waals surface area contributed by atoms with Crippen molar-refractivity contribution in [1.82, 2.24) is 4.90 Å². The summed E-state index contributed by atoms with van der Waals surface area (Å²) in [7, 11) is 0. The van der Waals surface area contributed by atoms with Crippen LogP contribution in [0.1, 0.15) is 18.1 Å². The second-order valence-electron chi connectivity index (χ2n) is 3.98. The van der Waals surface area contributed by atoms with E-state index >= 15 is 0 Å². The third-order valence-corrected chi connectivity index (χ3v) is 2.74. The van der Waals surface area contributed by atoms with Crippen molar-refractivity contribution in [3.63, 3.8) is 0 Å². The third-order valence-electron chi connectivity index (χ3n) is 2.74. The highest BCUT2D eigenvalue weighted by Crippen LogP contribution is 2.27. The average Bonchev–Trinajstić information content (AvgIpc) is 2.68. The Morgan fingerprint density at radius 3 is 2.89 bits per heavy atom. The van der Waals surface area contributed by atoms with Crippen LogP contribution in [0, 0.1) is 5.82 Å². The Labute approximate surface area is 103 Å². The number of carboxylic acids is 1. The Hall–Kier alpha value is -2.11. The van der Waals surface area contributed by atoms with E-state index in [0.717, 1.165) is 0 Å². The fourth-order valence-electron chi connectivity index (χ4n) is 1.82. The molecule has 18 heavy (non-hydrogen) atoms. The van der Waals surface area contributed by atoms with E-state index in [4.69, 9.17) is 9.84 Å². The molecule has 1 fully saturated rings. The largest absolute Gasteiger partial charge is 0.481 e. The number of ether oxygens (including phenoxy) is 1. The highest BCUT2D eigenvalue weighted by molar-refractivity contribution is 5.72. The first kappa shape index (κ1) is 12.3. The van der Waals surface area contributed by atoms with Crippen LogP contribution in [0.2, 0.25) is 0 Å². The molecule has 1 N–H and O–H groups in total. The van der Waals surface area contributed by atoms with E-state index in [9.17, 15) is 14.0 Å². The summed E-state index contributed by atoms with van der Waals surface area (Å²) in [6.45, 7) is 0.242. The number of carbonyl (C=O) groups excluding carboxylic acids is 1. The number of aliphatic carboxylic acids is 1. The molecule has 1 amide bonds. The van der Waals surface area contributed by atoms with Crippen molar-refractivity contribution in [3.05, 3.63) is 35.6 Å². The van der Waals surface area contributed by atoms with Gasteiger partial charge in [0.05, 0.1) is 13.0 Å². The van der Waals surface area contributed by atoms with Crippen LogP contribution in [0.5, 0.6) is 0 Å². The fourth-order valence-corrected chi connectivity index (χ4v) is 1.82. The van der Waals surface area contributed by atoms with Crippen LogP contribution >= 0.6 is 0 Å². The zero-order valence-corrected chi connectivity index (χ0v) is 9.51. The van der Waals surface area contributed by atoms with Crippen LogP contribution in [0.4, 0.5) is 9.18 Å². The van der Waals surface area contributed by atoms with Gasteiger partial charge in [0.1, 0.15) is 11.9 Å². The molecule has 5 nitrogen and oxygen atoms in total. The van der Waals surface area contributed by atoms with Crippen molar-refractivity contribution in [2.24, 2.45) is 0 Å². The molecular weight excluding hydrogens is 241 g/mol. The van der Waals surface area contributed by atoms with E-state index < -0.39 is 24.0 Å². The summed E-state index contributed by atoms with van der Waals surface area (Å²) in [6.07, 6.45) is -1.43. The number of hydrogen-bond donors (Lipinski definition) is 1. The van der Waals surface area contributed by atoms with Crippen LogP contribution in [0.15, 0.2) is 24.3 Å². The normalized spacial score (nSPS) is 18.8. The second-order valence-corrected chi connectivity index (χ2v) is 3.98. The molecule has 1 atom stereocenters. The minimum absolute atomic E-state index is 0.0686. The molecular formula is C12H12FNO4. The molecule has 0 saturated carbocycles. The minimum atomic E-state index is -0.989. The van der Waals surface area contributed by atoms with E-state index in [2.05, 4.69) is 0 Å². The Bertz CT molecular complexity index is 477. The number of nitrogens with zero attached hydrogens (tertiary/aromatic N) is 1. The number of carboxylic acid groups (broad SMARTS) is 1. The lowest BCUT2D eigenvalue weighted by Gasteiger charge is -2.11. The summed E-state index contributed by atoms with van der Waals surface area (Å²) in [6, 6.07) is 6.06. The Morgan fingerprint density at radius 1 is 1.50 bits per heavy atom. The number of halogens is 1. The number of benzene rings is 1. The van der Waals surface area contributed by atoms with Gasteiger partial charge in [0.25, 0.3) is 0 Å². The minimum Gasteiger partial charge on any atom is -0.481 e. The lowest BCUT2D eigenvalue weighted by atomic mass is 10.1. The summed E-state index contributed by atoms with van der Waals surface area (Å²) in [4.78, 5) is 23.2. The smallest absolute Gasteiger partial charge is 0.410 e. The van der Waals surface area contributed by atoms with Crippen molar-refractivity contribution in [2.75, 3.05) is 13.1 Å². The molecule has 1 aromatic rings. The molecule has 96 valence electrons. The molecule has 0 aliphatic carbocycles. The molecule has 0 bridgehead atoms. The zero-order valence-electron chi connectivity index (χ0n) is 9.51. The molecule has 1 saturated heterocycles. The van der Waals surface area contributed by atoms with Crippen molar-refractivity contribution >= 4 is 12.1 Å². The highest BCUT2D eigenvalue weighted by atomic mass is 19.1. The lowest BCUT2D eigenvalue weighted by molar-refractivity contribution is -0.137. The monoisotopic (exact) mass is 253 g/mol. The highest BCUT2D eigenvalue weighted by Gasteiger charge is 2.33. The van der Waals surface area contributed by atoms with Gasteiger partial charge in [-0.25, -0.2) is 9.18 Å². The number of rotatable bonds is 4. The maximum Gasteiger partial charge on any atom is 0.410 e. The van der Waals surface area contributed by atoms with Crippen LogP contribution in [-0.4, -0.2) is 35.2 Å². The van der Waals surface area contributed by atoms with Crippen molar-refractivity contribution in [3.8, 4) is 0 Å². The molecule has 6 heteroatoms. The van der Waals surface area contributed by atoms with Gasteiger partial charge in [0.15, 0.2) is 0 Å². The lowest BCUT2D eigenvalue weighted by Crippen LogP contribution is -2.27. The van der Waals surface area contributed by atoms with Crippen molar-refractivity contribution in [2.45, 2.75) is 12.5 Å². The molecule has 1 unspecified atom stereocenters. The van der Waals surface area contributed by atoms with Crippen LogP contribution in [0.3, 0.4) is 0 Å². The molecule has 1 heterocycles. The number of hydrogen-bond acceptors (Lipinski definition) is 3. The molecule has 2 rings (SSSR count). The average molecular weight is 253 g/mol. The Kier molecular flexibility index (Phi) is 3.45. The predicted molar refractivity (Wildman–Crippen MR) is 59.4 cm³/mol. The Morgan fingerprint density at radius 2 is 2.22 bits per heavy atom. The van der Waals surface area contributed by atoms with E-state index in [1.807, 2.05) is 0 Å². The van der Waals surface area contributed by atoms with Crippen LogP contribution in [-0.2, 0) is 9.53 Å². The van der Waals surface area contributed by atoms with Crippen molar-refractivity contribution < 1.29 is 23.8 Å². The van der Waals surface area contributed by atoms with Crippen LogP contribution < -0.4 is 0 Å². The van der Waals surface area contributed by atoms with E-state index in [1.165, 1.54) is 11.0 Å². The van der Waals surface area contributed by atoms with Crippen molar-refractivity contribution in [1.29, 1.82) is 0 Å². The SMILES string of the molecule is O=C(O)CCN1CC(c2ccccc2F)OC1=O. The zero-order chi connectivity index (χ0) is 13.1. The van der Waals surface area contributed by atoms with Gasteiger partial charge >= 0.3 is 12.1 Å². The molecule has 0 radical (unpaired) electrons. The summed E-state index contributed by atoms with van der Waals surface area (Å²) in [5, 5.41) is 8.55. The number of amides is 1. The summed E-state index contributed by atoms with van der Waals surface area (Å²) < 4.78 is 18.5. The summed E-state index contributed by atoms with van der Waals surface area (Å²) >= 11 is 0. The predicted octanol–water partition coefficient (Wildman–Crippen LogP) is 1.79. The van der Waals surface area contributed by atoms with Crippen LogP contribution in [0.25, 0.3) is 0 Å². The van der Waals surface area contributed by atoms with Gasteiger partial charge in [-0.05, 0) is 6.07 Å². The van der Waals surface area contributed by atoms with E-state index in [0.29, 0.717) is 5.56 Å². The third kappa shape index (κ3) is 2.58. The maximum absolute atomic E-state index is 13.5. The second kappa shape index (κ2) is 5.03. The quantitative estimate of drug-likeness (QED) is 0.888. The summed E-state index contributed by atoms with van der Waals surface area (Å²) in [5.41, 5.74) is 0.309. The number of cyclic esters (lactones) is 1. The number of carbonyl (C=O) groups is 2. The van der Waals surface area contributed by atoms with Gasteiger partial charge in [-0.2, -0.15) is 0 Å². The summed E-state index contributed by atoms with van der Waals surface area (Å²) in [5.74, 6) is -1.42. The fraction of sp³-hybridized carbons (Fsp3) is 0.333. The Balaban J connectivity index is 2.04. The topological polar surface area (TPSA) is 66.8 Å². The first-order valence-corrected chi connectivity index (χ1v) is 5.49. The maximum atomic E-state index is 13.5. The molecule has 1 aromatic carbocycles. The molecule has 0 aromatic heterocycles. The standard InChI is InChI=1S/C12H12FNO4/c13-9-4-2-1-3-8(9)10-7-14(12(17)18-10)6-5-11(15)16/h1-4,10H,5-7H2,(H,15,16).